The third kappa shape index (κ3) is 3.52. The molecule has 0 aromatic carbocycles. The molecule has 1 heterocycles. The van der Waals surface area contributed by atoms with E-state index in [-0.39, 0.29) is 0 Å². The number of aromatic nitrogens is 1. The molecule has 96 valence electrons. The lowest BCUT2D eigenvalue weighted by molar-refractivity contribution is 0.0244. The van der Waals surface area contributed by atoms with Gasteiger partial charge in [-0.25, -0.2) is 0 Å². The fourth-order valence-corrected chi connectivity index (χ4v) is 3.64. The molecule has 0 amide bonds. The van der Waals surface area contributed by atoms with Gasteiger partial charge in [0, 0.05) is 17.5 Å². The minimum atomic E-state index is -0.476. The largest absolute Gasteiger partial charge is 0.390 e. The molecule has 0 spiro atoms. The summed E-state index contributed by atoms with van der Waals surface area (Å²) in [6.45, 7) is 4.61. The van der Waals surface area contributed by atoms with Crippen LogP contribution >= 0.6 is 11.3 Å². The molecule has 0 aliphatic heterocycles. The Bertz CT molecular complexity index is 336. The van der Waals surface area contributed by atoms with E-state index >= 15 is 0 Å². The van der Waals surface area contributed by atoms with Crippen LogP contribution in [-0.4, -0.2) is 15.7 Å². The average molecular weight is 253 g/mol. The summed E-state index contributed by atoms with van der Waals surface area (Å²) in [5, 5.41) is 10.7. The Morgan fingerprint density at radius 1 is 1.47 bits per heavy atom. The minimum Gasteiger partial charge on any atom is -0.390 e. The highest BCUT2D eigenvalue weighted by molar-refractivity contribution is 7.09. The Hall–Kier alpha value is -0.410. The van der Waals surface area contributed by atoms with Crippen LogP contribution in [0.2, 0.25) is 0 Å². The van der Waals surface area contributed by atoms with Crippen molar-refractivity contribution in [2.45, 2.75) is 58.0 Å². The van der Waals surface area contributed by atoms with Crippen LogP contribution in [0.25, 0.3) is 0 Å². The van der Waals surface area contributed by atoms with E-state index in [1.165, 1.54) is 17.7 Å². The molecule has 17 heavy (non-hydrogen) atoms. The van der Waals surface area contributed by atoms with Gasteiger partial charge < -0.3 is 5.11 Å². The van der Waals surface area contributed by atoms with Crippen molar-refractivity contribution in [1.82, 2.24) is 4.98 Å². The average Bonchev–Trinajstić information content (AvgIpc) is 2.67. The van der Waals surface area contributed by atoms with Gasteiger partial charge in [0.2, 0.25) is 0 Å². The maximum absolute atomic E-state index is 10.7. The first kappa shape index (κ1) is 13.0. The smallest absolute Gasteiger partial charge is 0.0794 e. The van der Waals surface area contributed by atoms with Crippen LogP contribution in [0, 0.1) is 11.8 Å². The molecule has 1 aliphatic carbocycles. The maximum atomic E-state index is 10.7. The molecule has 2 unspecified atom stereocenters. The molecule has 2 nitrogen and oxygen atoms in total. The van der Waals surface area contributed by atoms with E-state index in [1.54, 1.807) is 11.3 Å². The third-order valence-electron chi connectivity index (χ3n) is 4.13. The van der Waals surface area contributed by atoms with E-state index in [9.17, 15) is 5.11 Å². The van der Waals surface area contributed by atoms with Crippen molar-refractivity contribution in [3.8, 4) is 0 Å². The summed E-state index contributed by atoms with van der Waals surface area (Å²) in [5.74, 6) is 1.55. The van der Waals surface area contributed by atoms with Crippen molar-refractivity contribution in [2.24, 2.45) is 11.8 Å². The maximum Gasteiger partial charge on any atom is 0.0794 e. The quantitative estimate of drug-likeness (QED) is 0.834. The zero-order valence-electron chi connectivity index (χ0n) is 10.9. The Kier molecular flexibility index (Phi) is 4.21. The topological polar surface area (TPSA) is 33.1 Å². The van der Waals surface area contributed by atoms with E-state index in [2.05, 4.69) is 18.8 Å². The first-order chi connectivity index (χ1) is 8.09. The molecule has 0 bridgehead atoms. The molecule has 0 radical (unpaired) electrons. The van der Waals surface area contributed by atoms with Crippen molar-refractivity contribution in [3.05, 3.63) is 16.6 Å². The van der Waals surface area contributed by atoms with Gasteiger partial charge >= 0.3 is 0 Å². The Morgan fingerprint density at radius 3 is 2.94 bits per heavy atom. The monoisotopic (exact) mass is 253 g/mol. The number of thiazole rings is 1. The fraction of sp³-hybridized carbons (Fsp3) is 0.786. The predicted octanol–water partition coefficient (Wildman–Crippen LogP) is 3.65. The first-order valence-corrected chi connectivity index (χ1v) is 7.57. The Labute approximate surface area is 108 Å². The molecule has 2 rings (SSSR count). The summed E-state index contributed by atoms with van der Waals surface area (Å²) >= 11 is 1.66. The number of aliphatic hydroxyl groups is 1. The molecule has 2 atom stereocenters. The van der Waals surface area contributed by atoms with E-state index in [4.69, 9.17) is 0 Å². The van der Waals surface area contributed by atoms with Gasteiger partial charge in [-0.15, -0.1) is 11.3 Å². The van der Waals surface area contributed by atoms with E-state index in [0.717, 1.165) is 37.5 Å². The van der Waals surface area contributed by atoms with Crippen LogP contribution in [0.5, 0.6) is 0 Å². The molecule has 1 aromatic rings. The van der Waals surface area contributed by atoms with E-state index in [1.807, 2.05) is 11.7 Å². The summed E-state index contributed by atoms with van der Waals surface area (Å²) in [6, 6.07) is 0. The van der Waals surface area contributed by atoms with Crippen molar-refractivity contribution in [1.29, 1.82) is 0 Å². The van der Waals surface area contributed by atoms with Gasteiger partial charge in [-0.05, 0) is 31.1 Å². The molecule has 1 aromatic heterocycles. The molecule has 1 aliphatic rings. The summed E-state index contributed by atoms with van der Waals surface area (Å²) in [7, 11) is 0. The number of hydrogen-bond donors (Lipinski definition) is 1. The van der Waals surface area contributed by atoms with E-state index < -0.39 is 5.60 Å². The first-order valence-electron chi connectivity index (χ1n) is 6.69. The molecule has 1 saturated carbocycles. The van der Waals surface area contributed by atoms with Crippen LogP contribution in [0.3, 0.4) is 0 Å². The molecule has 0 saturated heterocycles. The lowest BCUT2D eigenvalue weighted by Gasteiger charge is -2.26. The zero-order chi connectivity index (χ0) is 12.3. The Balaban J connectivity index is 1.96. The van der Waals surface area contributed by atoms with Gasteiger partial charge in [-0.1, -0.05) is 26.7 Å². The van der Waals surface area contributed by atoms with Crippen molar-refractivity contribution < 1.29 is 5.11 Å². The molecule has 3 heteroatoms. The van der Waals surface area contributed by atoms with Gasteiger partial charge in [0.05, 0.1) is 11.1 Å². The van der Waals surface area contributed by atoms with Crippen LogP contribution in [0.4, 0.5) is 0 Å². The number of rotatable bonds is 3. The van der Waals surface area contributed by atoms with Crippen molar-refractivity contribution in [2.75, 3.05) is 0 Å². The summed E-state index contributed by atoms with van der Waals surface area (Å²) in [5.41, 5.74) is 1.38. The highest BCUT2D eigenvalue weighted by atomic mass is 32.1. The van der Waals surface area contributed by atoms with Crippen LogP contribution in [0.15, 0.2) is 11.7 Å². The van der Waals surface area contributed by atoms with Gasteiger partial charge in [-0.3, -0.25) is 4.98 Å². The second-order valence-corrected chi connectivity index (χ2v) is 6.77. The Morgan fingerprint density at radius 2 is 2.29 bits per heavy atom. The highest BCUT2D eigenvalue weighted by Crippen LogP contribution is 2.36. The second-order valence-electron chi connectivity index (χ2n) is 5.80. The molecule has 1 fully saturated rings. The van der Waals surface area contributed by atoms with Crippen molar-refractivity contribution in [3.63, 3.8) is 0 Å². The number of nitrogens with zero attached hydrogens (tertiary/aromatic N) is 1. The molecular weight excluding hydrogens is 230 g/mol. The van der Waals surface area contributed by atoms with Crippen LogP contribution in [-0.2, 0) is 6.42 Å². The van der Waals surface area contributed by atoms with Crippen molar-refractivity contribution >= 4 is 11.3 Å². The SMILES string of the molecule is CC(C)C1CCCC(O)(Cc2cncs2)CC1. The lowest BCUT2D eigenvalue weighted by atomic mass is 9.87. The summed E-state index contributed by atoms with van der Waals surface area (Å²) in [4.78, 5) is 5.31. The minimum absolute atomic E-state index is 0.476. The predicted molar refractivity (Wildman–Crippen MR) is 72.2 cm³/mol. The fourth-order valence-electron chi connectivity index (χ4n) is 2.91. The number of hydrogen-bond acceptors (Lipinski definition) is 3. The molecule has 1 N–H and O–H groups in total. The van der Waals surface area contributed by atoms with Gasteiger partial charge in [0.25, 0.3) is 0 Å². The van der Waals surface area contributed by atoms with Gasteiger partial charge in [0.1, 0.15) is 0 Å². The van der Waals surface area contributed by atoms with Crippen LogP contribution in [0.1, 0.15) is 50.8 Å². The van der Waals surface area contributed by atoms with Gasteiger partial charge in [0.15, 0.2) is 0 Å². The molecular formula is C14H23NOS. The highest BCUT2D eigenvalue weighted by Gasteiger charge is 2.32. The standard InChI is InChI=1S/C14H23NOS/c1-11(2)12-4-3-6-14(16,7-5-12)8-13-9-15-10-17-13/h9-12,16H,3-8H2,1-2H3. The van der Waals surface area contributed by atoms with E-state index in [0.29, 0.717) is 0 Å². The van der Waals surface area contributed by atoms with Crippen LogP contribution < -0.4 is 0 Å². The normalized spacial score (nSPS) is 30.5. The second kappa shape index (κ2) is 5.49. The summed E-state index contributed by atoms with van der Waals surface area (Å²) < 4.78 is 0. The zero-order valence-corrected chi connectivity index (χ0v) is 11.7. The lowest BCUT2D eigenvalue weighted by Crippen LogP contribution is -2.30. The van der Waals surface area contributed by atoms with Gasteiger partial charge in [-0.2, -0.15) is 0 Å². The summed E-state index contributed by atoms with van der Waals surface area (Å²) in [6.07, 6.45) is 8.21. The third-order valence-corrected chi connectivity index (χ3v) is 4.91.